The Morgan fingerprint density at radius 1 is 0.769 bits per heavy atom. The fourth-order valence-electron chi connectivity index (χ4n) is 1.59. The van der Waals surface area contributed by atoms with Crippen LogP contribution in [-0.2, 0) is 4.74 Å². The van der Waals surface area contributed by atoms with E-state index in [-0.39, 0.29) is 0 Å². The quantitative estimate of drug-likeness (QED) is 0.215. The predicted octanol–water partition coefficient (Wildman–Crippen LogP) is -4.15. The summed E-state index contributed by atoms with van der Waals surface area (Å²) in [4.78, 5) is 0. The van der Waals surface area contributed by atoms with Crippen LogP contribution in [0.5, 0.6) is 0 Å². The lowest BCUT2D eigenvalue weighted by atomic mass is 9.85. The van der Waals surface area contributed by atoms with Crippen LogP contribution in [0, 0.1) is 0 Å². The summed E-state index contributed by atoms with van der Waals surface area (Å²) in [6, 6.07) is 0. The van der Waals surface area contributed by atoms with E-state index in [2.05, 4.69) is 4.74 Å². The van der Waals surface area contributed by atoms with Crippen LogP contribution in [0.15, 0.2) is 0 Å². The van der Waals surface area contributed by atoms with Crippen molar-refractivity contribution in [3.05, 3.63) is 0 Å². The normalized spacial score (nSPS) is 66.0. The average Bonchev–Trinajstić information content (AvgIpc) is 2.66. The summed E-state index contributed by atoms with van der Waals surface area (Å²) in [5, 5.41) is 55.0. The Labute approximate surface area is 72.4 Å². The Hall–Kier alpha value is -0.280. The van der Waals surface area contributed by atoms with Gasteiger partial charge in [-0.05, 0) is 0 Å². The van der Waals surface area contributed by atoms with E-state index in [4.69, 9.17) is 20.4 Å². The van der Waals surface area contributed by atoms with Gasteiger partial charge in [0.15, 0.2) is 0 Å². The van der Waals surface area contributed by atoms with E-state index < -0.39 is 36.0 Å². The summed E-state index contributed by atoms with van der Waals surface area (Å²) < 4.78 is 4.31. The van der Waals surface area contributed by atoms with E-state index in [1.54, 1.807) is 0 Å². The first-order chi connectivity index (χ1) is 5.84. The van der Waals surface area contributed by atoms with Crippen LogP contribution < -0.4 is 0 Å². The smallest absolute Gasteiger partial charge is 0.256 e. The minimum atomic E-state index is -2.38. The van der Waals surface area contributed by atoms with Crippen molar-refractivity contribution in [3.8, 4) is 0 Å². The molecule has 1 saturated carbocycles. The number of epoxide rings is 1. The largest absolute Gasteiger partial charge is 0.387 e. The van der Waals surface area contributed by atoms with Crippen LogP contribution in [0.1, 0.15) is 0 Å². The SMILES string of the molecule is O[C@@H]1[C@@H](O)[C@H](O)[C@]2(O)O[C@]2(O)[C@@H]1O. The van der Waals surface area contributed by atoms with Crippen LogP contribution in [0.3, 0.4) is 0 Å². The highest BCUT2D eigenvalue weighted by atomic mass is 16.9. The second kappa shape index (κ2) is 2.20. The highest BCUT2D eigenvalue weighted by Gasteiger charge is 2.82. The third-order valence-electron chi connectivity index (χ3n) is 2.58. The van der Waals surface area contributed by atoms with Gasteiger partial charge in [0.2, 0.25) is 0 Å². The lowest BCUT2D eigenvalue weighted by Crippen LogP contribution is -2.63. The standard InChI is InChI=1S/C6H10O7/c7-1-2(8)4(10)6(12)5(11,13-6)3(1)9/h1-4,7-12H/t1-,2-,3-,4+,5-,6+/m1/s1. The molecule has 2 fully saturated rings. The van der Waals surface area contributed by atoms with Gasteiger partial charge in [0.05, 0.1) is 0 Å². The summed E-state index contributed by atoms with van der Waals surface area (Å²) in [6.07, 6.45) is -7.22. The molecule has 0 aromatic carbocycles. The maximum atomic E-state index is 9.28. The second-order valence-corrected chi connectivity index (χ2v) is 3.37. The first-order valence-electron chi connectivity index (χ1n) is 3.72. The molecule has 0 radical (unpaired) electrons. The topological polar surface area (TPSA) is 134 Å². The third kappa shape index (κ3) is 0.821. The zero-order valence-electron chi connectivity index (χ0n) is 6.40. The van der Waals surface area contributed by atoms with E-state index in [0.29, 0.717) is 0 Å². The van der Waals surface area contributed by atoms with Crippen LogP contribution in [0.25, 0.3) is 0 Å². The Morgan fingerprint density at radius 3 is 1.38 bits per heavy atom. The summed E-state index contributed by atoms with van der Waals surface area (Å²) >= 11 is 0. The molecule has 0 unspecified atom stereocenters. The van der Waals surface area contributed by atoms with Gasteiger partial charge in [0.1, 0.15) is 24.4 Å². The van der Waals surface area contributed by atoms with Gasteiger partial charge in [-0.1, -0.05) is 0 Å². The van der Waals surface area contributed by atoms with Crippen LogP contribution in [0.4, 0.5) is 0 Å². The average molecular weight is 194 g/mol. The van der Waals surface area contributed by atoms with Crippen molar-refractivity contribution in [2.45, 2.75) is 36.0 Å². The molecular weight excluding hydrogens is 184 g/mol. The predicted molar refractivity (Wildman–Crippen MR) is 35.0 cm³/mol. The van der Waals surface area contributed by atoms with E-state index in [0.717, 1.165) is 0 Å². The lowest BCUT2D eigenvalue weighted by Gasteiger charge is -2.34. The fourth-order valence-corrected chi connectivity index (χ4v) is 1.59. The maximum Gasteiger partial charge on any atom is 0.256 e. The van der Waals surface area contributed by atoms with Gasteiger partial charge in [-0.3, -0.25) is 0 Å². The molecule has 0 amide bonds. The van der Waals surface area contributed by atoms with Gasteiger partial charge < -0.3 is 35.4 Å². The van der Waals surface area contributed by atoms with Crippen LogP contribution in [-0.4, -0.2) is 66.6 Å². The number of ether oxygens (including phenoxy) is 1. The number of rotatable bonds is 0. The van der Waals surface area contributed by atoms with Crippen molar-refractivity contribution in [1.82, 2.24) is 0 Å². The Bertz CT molecular complexity index is 221. The van der Waals surface area contributed by atoms with Crippen molar-refractivity contribution in [3.63, 3.8) is 0 Å². The molecule has 7 heteroatoms. The molecule has 0 aromatic rings. The minimum absolute atomic E-state index is 1.76. The molecule has 1 aliphatic carbocycles. The zero-order chi connectivity index (χ0) is 10.0. The van der Waals surface area contributed by atoms with Crippen molar-refractivity contribution in [1.29, 1.82) is 0 Å². The Morgan fingerprint density at radius 2 is 1.08 bits per heavy atom. The first-order valence-corrected chi connectivity index (χ1v) is 3.72. The molecule has 1 heterocycles. The summed E-state index contributed by atoms with van der Waals surface area (Å²) in [7, 11) is 0. The number of hydrogen-bond donors (Lipinski definition) is 6. The van der Waals surface area contributed by atoms with Gasteiger partial charge in [-0.25, -0.2) is 0 Å². The highest BCUT2D eigenvalue weighted by molar-refractivity contribution is 5.18. The molecule has 13 heavy (non-hydrogen) atoms. The van der Waals surface area contributed by atoms with Gasteiger partial charge in [0.25, 0.3) is 11.6 Å². The molecule has 0 bridgehead atoms. The second-order valence-electron chi connectivity index (χ2n) is 3.37. The van der Waals surface area contributed by atoms with Crippen LogP contribution in [0.2, 0.25) is 0 Å². The molecule has 7 nitrogen and oxygen atoms in total. The van der Waals surface area contributed by atoms with Crippen molar-refractivity contribution in [2.75, 3.05) is 0 Å². The van der Waals surface area contributed by atoms with E-state index in [1.807, 2.05) is 0 Å². The molecule has 6 atom stereocenters. The Kier molecular flexibility index (Phi) is 1.57. The van der Waals surface area contributed by atoms with Gasteiger partial charge in [0, 0.05) is 0 Å². The molecular formula is C6H10O7. The van der Waals surface area contributed by atoms with E-state index in [9.17, 15) is 10.2 Å². The monoisotopic (exact) mass is 194 g/mol. The molecule has 1 saturated heterocycles. The fraction of sp³-hybridized carbons (Fsp3) is 1.00. The molecule has 1 aliphatic heterocycles. The molecule has 76 valence electrons. The van der Waals surface area contributed by atoms with Gasteiger partial charge in [-0.15, -0.1) is 0 Å². The van der Waals surface area contributed by atoms with Crippen molar-refractivity contribution in [2.24, 2.45) is 0 Å². The number of aliphatic hydroxyl groups is 6. The van der Waals surface area contributed by atoms with Crippen molar-refractivity contribution >= 4 is 0 Å². The van der Waals surface area contributed by atoms with Gasteiger partial charge in [-0.2, -0.15) is 0 Å². The maximum absolute atomic E-state index is 9.28. The first kappa shape index (κ1) is 9.28. The highest BCUT2D eigenvalue weighted by Crippen LogP contribution is 2.53. The third-order valence-corrected chi connectivity index (χ3v) is 2.58. The van der Waals surface area contributed by atoms with E-state index in [1.165, 1.54) is 0 Å². The summed E-state index contributed by atoms with van der Waals surface area (Å²) in [5.41, 5.74) is 0. The molecule has 2 aliphatic rings. The van der Waals surface area contributed by atoms with Crippen molar-refractivity contribution < 1.29 is 35.4 Å². The summed E-state index contributed by atoms with van der Waals surface area (Å²) in [6.45, 7) is 0. The lowest BCUT2D eigenvalue weighted by molar-refractivity contribution is -0.223. The number of hydrogen-bond acceptors (Lipinski definition) is 7. The molecule has 0 aromatic heterocycles. The zero-order valence-corrected chi connectivity index (χ0v) is 6.40. The summed E-state index contributed by atoms with van der Waals surface area (Å²) in [5.74, 6) is -4.77. The van der Waals surface area contributed by atoms with Gasteiger partial charge >= 0.3 is 0 Å². The minimum Gasteiger partial charge on any atom is -0.387 e. The number of aliphatic hydroxyl groups excluding tert-OH is 4. The van der Waals surface area contributed by atoms with Crippen LogP contribution >= 0.6 is 0 Å². The number of fused-ring (bicyclic) bond motifs is 1. The van der Waals surface area contributed by atoms with E-state index >= 15 is 0 Å². The molecule has 2 rings (SSSR count). The molecule has 0 spiro atoms. The molecule has 6 N–H and O–H groups in total. The Balaban J connectivity index is 2.32.